The van der Waals surface area contributed by atoms with E-state index in [1.165, 1.54) is 71.3 Å². The molecule has 1 aromatic heterocycles. The Morgan fingerprint density at radius 1 is 0.333 bits per heavy atom. The smallest absolute Gasteiger partial charge is 0.160 e. The number of rotatable bonds is 5. The third kappa shape index (κ3) is 5.40. The Labute approximate surface area is 332 Å². The first-order valence-electron chi connectivity index (χ1n) is 19.7. The average Bonchev–Trinajstić information content (AvgIpc) is 3.50. The van der Waals surface area contributed by atoms with E-state index >= 15 is 0 Å². The van der Waals surface area contributed by atoms with Crippen LogP contribution >= 0.6 is 0 Å². The van der Waals surface area contributed by atoms with Crippen LogP contribution in [-0.2, 0) is 5.41 Å². The largest absolute Gasteiger partial charge is 0.228 e. The molecule has 9 aromatic carbocycles. The summed E-state index contributed by atoms with van der Waals surface area (Å²) in [5, 5.41) is 7.27. The lowest BCUT2D eigenvalue weighted by atomic mass is 9.81. The molecular formula is C55H38N2. The van der Waals surface area contributed by atoms with Crippen LogP contribution < -0.4 is 0 Å². The number of fused-ring (bicyclic) bond motifs is 6. The first kappa shape index (κ1) is 33.2. The second-order valence-electron chi connectivity index (χ2n) is 15.7. The fraction of sp³-hybridized carbons (Fsp3) is 0.0545. The Bertz CT molecular complexity index is 3120. The monoisotopic (exact) mass is 726 g/mol. The third-order valence-electron chi connectivity index (χ3n) is 12.1. The van der Waals surface area contributed by atoms with Crippen LogP contribution in [0.15, 0.2) is 194 Å². The van der Waals surface area contributed by atoms with Gasteiger partial charge in [-0.05, 0) is 101 Å². The van der Waals surface area contributed by atoms with Gasteiger partial charge in [-0.1, -0.05) is 184 Å². The Balaban J connectivity index is 1.09. The summed E-state index contributed by atoms with van der Waals surface area (Å²) in [5.74, 6) is 0.700. The number of hydrogen-bond acceptors (Lipinski definition) is 2. The molecule has 1 aliphatic carbocycles. The highest BCUT2D eigenvalue weighted by Crippen LogP contribution is 2.54. The van der Waals surface area contributed by atoms with Crippen molar-refractivity contribution in [1.29, 1.82) is 0 Å². The van der Waals surface area contributed by atoms with Crippen molar-refractivity contribution in [2.75, 3.05) is 0 Å². The molecule has 0 aliphatic heterocycles. The average molecular weight is 727 g/mol. The van der Waals surface area contributed by atoms with Crippen LogP contribution in [0.25, 0.3) is 99.6 Å². The van der Waals surface area contributed by atoms with Gasteiger partial charge in [-0.15, -0.1) is 0 Å². The number of benzene rings is 9. The predicted molar refractivity (Wildman–Crippen MR) is 239 cm³/mol. The van der Waals surface area contributed by atoms with Crippen molar-refractivity contribution in [2.24, 2.45) is 0 Å². The molecule has 0 amide bonds. The van der Waals surface area contributed by atoms with E-state index in [1.54, 1.807) is 0 Å². The first-order chi connectivity index (χ1) is 28.0. The zero-order chi connectivity index (χ0) is 38.1. The highest BCUT2D eigenvalue weighted by atomic mass is 14.9. The van der Waals surface area contributed by atoms with Crippen molar-refractivity contribution in [3.05, 3.63) is 205 Å². The normalized spacial score (nSPS) is 12.9. The molecule has 57 heavy (non-hydrogen) atoms. The fourth-order valence-electron chi connectivity index (χ4n) is 9.24. The van der Waals surface area contributed by atoms with E-state index in [9.17, 15) is 0 Å². The lowest BCUT2D eigenvalue weighted by molar-refractivity contribution is 0.661. The molecule has 0 atom stereocenters. The van der Waals surface area contributed by atoms with Gasteiger partial charge in [-0.25, -0.2) is 9.97 Å². The van der Waals surface area contributed by atoms with Gasteiger partial charge in [-0.3, -0.25) is 0 Å². The summed E-state index contributed by atoms with van der Waals surface area (Å²) in [6.45, 7) is 4.73. The van der Waals surface area contributed by atoms with E-state index in [1.807, 2.05) is 0 Å². The highest BCUT2D eigenvalue weighted by Gasteiger charge is 2.37. The van der Waals surface area contributed by atoms with Crippen LogP contribution in [0.2, 0.25) is 0 Å². The molecule has 0 radical (unpaired) electrons. The topological polar surface area (TPSA) is 25.8 Å². The van der Waals surface area contributed by atoms with Crippen molar-refractivity contribution >= 4 is 32.3 Å². The number of nitrogens with zero attached hydrogens (tertiary/aromatic N) is 2. The zero-order valence-corrected chi connectivity index (χ0v) is 31.9. The molecule has 268 valence electrons. The van der Waals surface area contributed by atoms with Crippen molar-refractivity contribution < 1.29 is 0 Å². The standard InChI is InChI=1S/C55H38N2/c1-55(2)49-30-14-29-47(53(49)48-32-37-17-3-4-18-38(37)33-50(48)55)44-26-10-9-25-43(44)39-21-11-22-40(31-39)54-56-51(45-27-12-19-35-15-5-7-23-41(35)45)34-52(57-54)46-28-13-20-36-16-6-8-24-42(36)46/h3-34H,1-2H3. The molecule has 10 aromatic rings. The van der Waals surface area contributed by atoms with E-state index < -0.39 is 0 Å². The Morgan fingerprint density at radius 2 is 0.825 bits per heavy atom. The van der Waals surface area contributed by atoms with Gasteiger partial charge in [0.1, 0.15) is 0 Å². The van der Waals surface area contributed by atoms with Crippen LogP contribution in [0.5, 0.6) is 0 Å². The minimum Gasteiger partial charge on any atom is -0.228 e. The Hall–Kier alpha value is -7.16. The maximum Gasteiger partial charge on any atom is 0.160 e. The second kappa shape index (κ2) is 13.0. The summed E-state index contributed by atoms with van der Waals surface area (Å²) in [7, 11) is 0. The van der Waals surface area contributed by atoms with E-state index in [0.29, 0.717) is 5.82 Å². The van der Waals surface area contributed by atoms with Gasteiger partial charge in [0.05, 0.1) is 11.4 Å². The molecule has 11 rings (SSSR count). The highest BCUT2D eigenvalue weighted by molar-refractivity contribution is 6.02. The number of hydrogen-bond donors (Lipinski definition) is 0. The lowest BCUT2D eigenvalue weighted by Crippen LogP contribution is -2.14. The summed E-state index contributed by atoms with van der Waals surface area (Å²) >= 11 is 0. The molecule has 2 heteroatoms. The van der Waals surface area contributed by atoms with Gasteiger partial charge in [0.2, 0.25) is 0 Å². The van der Waals surface area contributed by atoms with E-state index in [0.717, 1.165) is 33.6 Å². The van der Waals surface area contributed by atoms with Crippen LogP contribution in [0.3, 0.4) is 0 Å². The van der Waals surface area contributed by atoms with Gasteiger partial charge in [0.25, 0.3) is 0 Å². The van der Waals surface area contributed by atoms with Gasteiger partial charge in [0, 0.05) is 22.1 Å². The first-order valence-corrected chi connectivity index (χ1v) is 19.7. The van der Waals surface area contributed by atoms with Crippen LogP contribution in [0.1, 0.15) is 25.0 Å². The zero-order valence-electron chi connectivity index (χ0n) is 31.9. The third-order valence-corrected chi connectivity index (χ3v) is 12.1. The SMILES string of the molecule is CC1(C)c2cc3ccccc3cc2-c2c(-c3ccccc3-c3cccc(-c4nc(-c5cccc6ccccc56)cc(-c5cccc6ccccc56)n4)c3)cccc21. The second-order valence-corrected chi connectivity index (χ2v) is 15.7. The summed E-state index contributed by atoms with van der Waals surface area (Å²) in [4.78, 5) is 10.7. The minimum absolute atomic E-state index is 0.117. The molecule has 0 bridgehead atoms. The summed E-state index contributed by atoms with van der Waals surface area (Å²) in [6.07, 6.45) is 0. The molecule has 1 heterocycles. The predicted octanol–water partition coefficient (Wildman–Crippen LogP) is 14.6. The molecule has 0 unspecified atom stereocenters. The van der Waals surface area contributed by atoms with Crippen molar-refractivity contribution in [2.45, 2.75) is 19.3 Å². The Morgan fingerprint density at radius 3 is 1.51 bits per heavy atom. The summed E-state index contributed by atoms with van der Waals surface area (Å²) in [6, 6.07) is 70.2. The van der Waals surface area contributed by atoms with Gasteiger partial charge in [-0.2, -0.15) is 0 Å². The molecule has 0 N–H and O–H groups in total. The molecule has 1 aliphatic rings. The maximum atomic E-state index is 5.35. The quantitative estimate of drug-likeness (QED) is 0.176. The summed E-state index contributed by atoms with van der Waals surface area (Å²) < 4.78 is 0. The maximum absolute atomic E-state index is 5.35. The lowest BCUT2D eigenvalue weighted by Gasteiger charge is -2.22. The molecule has 0 spiro atoms. The van der Waals surface area contributed by atoms with Gasteiger partial charge < -0.3 is 0 Å². The molecule has 0 saturated carbocycles. The van der Waals surface area contributed by atoms with Crippen LogP contribution in [-0.4, -0.2) is 9.97 Å². The van der Waals surface area contributed by atoms with Crippen molar-refractivity contribution in [3.63, 3.8) is 0 Å². The van der Waals surface area contributed by atoms with Crippen molar-refractivity contribution in [3.8, 4) is 67.3 Å². The molecular weight excluding hydrogens is 689 g/mol. The number of aromatic nitrogens is 2. The van der Waals surface area contributed by atoms with Gasteiger partial charge in [0.15, 0.2) is 5.82 Å². The van der Waals surface area contributed by atoms with Crippen LogP contribution in [0, 0.1) is 0 Å². The fourth-order valence-corrected chi connectivity index (χ4v) is 9.24. The molecule has 2 nitrogen and oxygen atoms in total. The minimum atomic E-state index is -0.117. The van der Waals surface area contributed by atoms with E-state index in [-0.39, 0.29) is 5.41 Å². The van der Waals surface area contributed by atoms with E-state index in [2.05, 4.69) is 208 Å². The van der Waals surface area contributed by atoms with E-state index in [4.69, 9.17) is 9.97 Å². The molecule has 0 fully saturated rings. The van der Waals surface area contributed by atoms with Crippen molar-refractivity contribution in [1.82, 2.24) is 9.97 Å². The van der Waals surface area contributed by atoms with Crippen LogP contribution in [0.4, 0.5) is 0 Å². The molecule has 0 saturated heterocycles. The summed E-state index contributed by atoms with van der Waals surface area (Å²) in [5.41, 5.74) is 15.0. The Kier molecular flexibility index (Phi) is 7.55. The van der Waals surface area contributed by atoms with Gasteiger partial charge >= 0.3 is 0 Å².